The van der Waals surface area contributed by atoms with Crippen molar-refractivity contribution in [3.63, 3.8) is 0 Å². The molecule has 0 spiro atoms. The maximum absolute atomic E-state index is 13.2. The molecule has 0 aliphatic rings. The topological polar surface area (TPSA) is 193 Å². The van der Waals surface area contributed by atoms with Gasteiger partial charge in [-0.3, -0.25) is 9.52 Å². The number of ketones is 1. The highest BCUT2D eigenvalue weighted by Crippen LogP contribution is 2.28. The van der Waals surface area contributed by atoms with Crippen LogP contribution in [-0.4, -0.2) is 48.9 Å². The fourth-order valence-electron chi connectivity index (χ4n) is 3.74. The number of rotatable bonds is 12. The van der Waals surface area contributed by atoms with E-state index in [-0.39, 0.29) is 39.4 Å². The average Bonchev–Trinajstić information content (AvgIpc) is 3.43. The molecule has 14 heteroatoms. The number of anilines is 1. The van der Waals surface area contributed by atoms with E-state index in [4.69, 9.17) is 14.0 Å². The maximum Gasteiger partial charge on any atom is 0.263 e. The molecule has 0 saturated heterocycles. The van der Waals surface area contributed by atoms with Crippen molar-refractivity contribution >= 4 is 39.5 Å². The smallest absolute Gasteiger partial charge is 0.263 e. The minimum atomic E-state index is -3.97. The predicted molar refractivity (Wildman–Crippen MR) is 165 cm³/mol. The summed E-state index contributed by atoms with van der Waals surface area (Å²) in [6.07, 6.45) is 5.28. The summed E-state index contributed by atoms with van der Waals surface area (Å²) in [5.74, 6) is -0.534. The molecule has 232 valence electrons. The number of carbonyl (C=O) groups excluding carboxylic acids is 1. The summed E-state index contributed by atoms with van der Waals surface area (Å²) < 4.78 is 42.7. The van der Waals surface area contributed by atoms with Crippen LogP contribution in [0.1, 0.15) is 16.9 Å². The molecule has 0 unspecified atom stereocenters. The van der Waals surface area contributed by atoms with E-state index in [0.717, 1.165) is 6.08 Å². The lowest BCUT2D eigenvalue weighted by Gasteiger charge is -2.05. The van der Waals surface area contributed by atoms with Crippen LogP contribution in [-0.2, 0) is 14.8 Å². The third-order valence-corrected chi connectivity index (χ3v) is 7.39. The molecule has 0 radical (unpaired) electrons. The van der Waals surface area contributed by atoms with Crippen molar-refractivity contribution in [3.8, 4) is 23.0 Å². The van der Waals surface area contributed by atoms with Crippen molar-refractivity contribution < 1.29 is 42.5 Å². The van der Waals surface area contributed by atoms with Gasteiger partial charge >= 0.3 is 0 Å². The lowest BCUT2D eigenvalue weighted by molar-refractivity contribution is -0.111. The molecule has 13 nitrogen and oxygen atoms in total. The number of hydrogen-bond acceptors (Lipinski definition) is 12. The van der Waals surface area contributed by atoms with Gasteiger partial charge in [0.1, 0.15) is 11.5 Å². The summed E-state index contributed by atoms with van der Waals surface area (Å²) >= 11 is 0. The highest BCUT2D eigenvalue weighted by atomic mass is 32.2. The molecule has 1 aromatic heterocycles. The molecule has 4 N–H and O–H groups in total. The second-order valence-corrected chi connectivity index (χ2v) is 10.9. The number of methoxy groups -OCH3 is 2. The Morgan fingerprint density at radius 2 is 1.47 bits per heavy atom. The first-order chi connectivity index (χ1) is 21.5. The first-order valence-corrected chi connectivity index (χ1v) is 14.5. The van der Waals surface area contributed by atoms with Crippen molar-refractivity contribution in [1.82, 2.24) is 5.16 Å². The summed E-state index contributed by atoms with van der Waals surface area (Å²) in [5, 5.41) is 42.1. The van der Waals surface area contributed by atoms with Crippen molar-refractivity contribution in [2.75, 3.05) is 18.9 Å². The number of aromatic hydroxyl groups is 2. The largest absolute Gasteiger partial charge is 0.505 e. The molecule has 1 heterocycles. The highest BCUT2D eigenvalue weighted by Gasteiger charge is 2.17. The number of benzene rings is 3. The average molecular weight is 633 g/mol. The Balaban J connectivity index is 1.62. The van der Waals surface area contributed by atoms with Gasteiger partial charge in [0.15, 0.2) is 34.5 Å². The predicted octanol–water partition coefficient (Wildman–Crippen LogP) is 6.06. The summed E-state index contributed by atoms with van der Waals surface area (Å²) in [6, 6.07) is 15.7. The Hall–Kier alpha value is -5.89. The number of aryl methyl sites for hydroxylation is 1. The highest BCUT2D eigenvalue weighted by molar-refractivity contribution is 7.92. The Bertz CT molecular complexity index is 1930. The lowest BCUT2D eigenvalue weighted by atomic mass is 10.1. The minimum absolute atomic E-state index is 0.0256. The molecule has 0 aliphatic carbocycles. The van der Waals surface area contributed by atoms with Crippen molar-refractivity contribution in [3.05, 3.63) is 107 Å². The number of phenolic OH excluding ortho intramolecular Hbond substituents is 2. The molecule has 4 rings (SSSR count). The van der Waals surface area contributed by atoms with E-state index in [1.165, 1.54) is 87.0 Å². The van der Waals surface area contributed by atoms with Crippen LogP contribution < -0.4 is 14.2 Å². The van der Waals surface area contributed by atoms with Crippen LogP contribution in [0.15, 0.2) is 110 Å². The number of hydrogen-bond donors (Lipinski definition) is 4. The van der Waals surface area contributed by atoms with Gasteiger partial charge in [0.05, 0.1) is 24.8 Å². The van der Waals surface area contributed by atoms with E-state index >= 15 is 0 Å². The van der Waals surface area contributed by atoms with Crippen LogP contribution in [0.25, 0.3) is 12.2 Å². The number of azo groups is 1. The molecule has 0 aliphatic heterocycles. The lowest BCUT2D eigenvalue weighted by Crippen LogP contribution is -2.12. The first-order valence-electron chi connectivity index (χ1n) is 13.0. The summed E-state index contributed by atoms with van der Waals surface area (Å²) in [6.45, 7) is 1.62. The van der Waals surface area contributed by atoms with E-state index in [0.29, 0.717) is 16.9 Å². The standard InChI is InChI=1S/C31H28N4O9S/c1-19-16-30(34-44-19)35-45(40,41)23-10-8-22(9-11-23)32-33-31(26(38)14-6-20-4-12-24(36)28(17-20)42-2)27(39)15-7-21-5-13-25(37)29(18-21)43-3/h4-18,36-38H,1-3H3,(H,34,35)/b14-6+,15-7+,31-26+,33-32?. The Labute approximate surface area is 258 Å². The Morgan fingerprint density at radius 1 is 0.889 bits per heavy atom. The van der Waals surface area contributed by atoms with Gasteiger partial charge in [0.25, 0.3) is 10.0 Å². The van der Waals surface area contributed by atoms with Gasteiger partial charge in [-0.15, -0.1) is 5.11 Å². The number of aliphatic hydroxyl groups excluding tert-OH is 1. The third-order valence-electron chi connectivity index (χ3n) is 6.02. The number of carbonyl (C=O) groups is 1. The van der Waals surface area contributed by atoms with Crippen LogP contribution in [0.3, 0.4) is 0 Å². The molecule has 0 fully saturated rings. The second-order valence-electron chi connectivity index (χ2n) is 9.25. The molecule has 0 amide bonds. The normalized spacial score (nSPS) is 12.5. The van der Waals surface area contributed by atoms with Crippen LogP contribution in [0.4, 0.5) is 11.5 Å². The van der Waals surface area contributed by atoms with Gasteiger partial charge in [0.2, 0.25) is 5.78 Å². The van der Waals surface area contributed by atoms with Crippen LogP contribution in [0, 0.1) is 6.92 Å². The van der Waals surface area contributed by atoms with E-state index in [1.54, 1.807) is 19.1 Å². The molecule has 4 aromatic rings. The fourth-order valence-corrected chi connectivity index (χ4v) is 4.72. The summed E-state index contributed by atoms with van der Waals surface area (Å²) in [7, 11) is -1.19. The number of nitrogens with zero attached hydrogens (tertiary/aromatic N) is 3. The number of aromatic nitrogens is 1. The number of phenols is 2. The number of aliphatic hydroxyl groups is 1. The van der Waals surface area contributed by atoms with Gasteiger partial charge in [-0.2, -0.15) is 5.11 Å². The van der Waals surface area contributed by atoms with Crippen molar-refractivity contribution in [2.24, 2.45) is 10.2 Å². The molecule has 3 aromatic carbocycles. The Kier molecular flexibility index (Phi) is 10.0. The zero-order valence-electron chi connectivity index (χ0n) is 24.2. The molecular weight excluding hydrogens is 604 g/mol. The van der Waals surface area contributed by atoms with E-state index in [1.807, 2.05) is 0 Å². The molecule has 0 saturated carbocycles. The van der Waals surface area contributed by atoms with Crippen molar-refractivity contribution in [2.45, 2.75) is 11.8 Å². The SMILES string of the molecule is COc1cc(/C=C/C(=O)/C(N=Nc2ccc(S(=O)(=O)Nc3cc(C)on3)cc2)=C(O)/C=C/c2ccc(O)c(OC)c2)ccc1O. The van der Waals surface area contributed by atoms with Crippen LogP contribution in [0.5, 0.6) is 23.0 Å². The fraction of sp³-hybridized carbons (Fsp3) is 0.0968. The third kappa shape index (κ3) is 8.36. The van der Waals surface area contributed by atoms with Crippen LogP contribution in [0.2, 0.25) is 0 Å². The summed E-state index contributed by atoms with van der Waals surface area (Å²) in [5.41, 5.74) is 0.812. The molecular formula is C31H28N4O9S. The minimum Gasteiger partial charge on any atom is -0.505 e. The number of ether oxygens (including phenoxy) is 2. The number of allylic oxidation sites excluding steroid dienone is 2. The van der Waals surface area contributed by atoms with Crippen molar-refractivity contribution in [1.29, 1.82) is 0 Å². The molecule has 0 bridgehead atoms. The quantitative estimate of drug-likeness (QED) is 0.0617. The number of sulfonamides is 1. The van der Waals surface area contributed by atoms with E-state index < -0.39 is 27.3 Å². The maximum atomic E-state index is 13.2. The zero-order valence-corrected chi connectivity index (χ0v) is 25.0. The van der Waals surface area contributed by atoms with E-state index in [2.05, 4.69) is 20.1 Å². The number of nitrogens with one attached hydrogen (secondary N) is 1. The van der Waals surface area contributed by atoms with Gasteiger partial charge in [-0.1, -0.05) is 29.4 Å². The first kappa shape index (κ1) is 32.0. The second kappa shape index (κ2) is 14.1. The van der Waals surface area contributed by atoms with Crippen LogP contribution >= 0.6 is 0 Å². The molecule has 45 heavy (non-hydrogen) atoms. The van der Waals surface area contributed by atoms with Gasteiger partial charge in [-0.25, -0.2) is 8.42 Å². The monoisotopic (exact) mass is 632 g/mol. The molecule has 0 atom stereocenters. The van der Waals surface area contributed by atoms with Gasteiger partial charge in [-0.05, 0) is 78.7 Å². The Morgan fingerprint density at radius 3 is 2.00 bits per heavy atom. The van der Waals surface area contributed by atoms with Gasteiger partial charge < -0.3 is 29.3 Å². The zero-order chi connectivity index (χ0) is 32.6. The van der Waals surface area contributed by atoms with Gasteiger partial charge in [0, 0.05) is 6.07 Å². The van der Waals surface area contributed by atoms with E-state index in [9.17, 15) is 28.5 Å². The summed E-state index contributed by atoms with van der Waals surface area (Å²) in [4.78, 5) is 13.1.